The first kappa shape index (κ1) is 38.0. The summed E-state index contributed by atoms with van der Waals surface area (Å²) in [6.07, 6.45) is -16.2. The molecule has 186 valence electrons. The van der Waals surface area contributed by atoms with E-state index in [1.54, 1.807) is 0 Å². The minimum Gasteiger partial charge on any atom is -0.547 e. The predicted molar refractivity (Wildman–Crippen MR) is 94.7 cm³/mol. The van der Waals surface area contributed by atoms with Gasteiger partial charge in [-0.25, -0.2) is 0 Å². The molecule has 0 radical (unpaired) electrons. The normalized spacial score (nSPS) is 17.7. The molecule has 0 bridgehead atoms. The summed E-state index contributed by atoms with van der Waals surface area (Å²) in [6.45, 7) is -2.00. The monoisotopic (exact) mass is 489 g/mol. The number of carboxylic acids is 3. The molecule has 0 heterocycles. The van der Waals surface area contributed by atoms with E-state index in [1.165, 1.54) is 0 Å². The Morgan fingerprint density at radius 3 is 1.00 bits per heavy atom. The summed E-state index contributed by atoms with van der Waals surface area (Å²) in [7, 11) is 0. The van der Waals surface area contributed by atoms with Crippen molar-refractivity contribution in [1.29, 1.82) is 0 Å². The first-order valence-corrected chi connectivity index (χ1v) is 8.10. The maximum Gasteiger partial charge on any atom is 2.00 e. The zero-order chi connectivity index (χ0) is 25.5. The quantitative estimate of drug-likeness (QED) is 0.120. The summed E-state index contributed by atoms with van der Waals surface area (Å²) < 4.78 is 0. The summed E-state index contributed by atoms with van der Waals surface area (Å²) in [5, 5.41) is 114. The average Bonchev–Trinajstić information content (AvgIpc) is 2.75. The van der Waals surface area contributed by atoms with Gasteiger partial charge in [0.2, 0.25) is 0 Å². The van der Waals surface area contributed by atoms with Crippen LogP contribution in [0, 0.1) is 0 Å². The van der Waals surface area contributed by atoms with Gasteiger partial charge in [0.15, 0.2) is 0 Å². The van der Waals surface area contributed by atoms with E-state index in [9.17, 15) is 24.6 Å². The number of nitrogens with two attached hydrogens (primary N) is 1. The molecule has 13 N–H and O–H groups in total. The molecule has 0 fully saturated rings. The number of aliphatic carboxylic acids is 3. The Kier molecular flexibility index (Phi) is 24.2. The Morgan fingerprint density at radius 2 is 0.875 bits per heavy atom. The van der Waals surface area contributed by atoms with Crippen LogP contribution in [0.2, 0.25) is 0 Å². The molecule has 0 saturated heterocycles. The van der Waals surface area contributed by atoms with Crippen LogP contribution in [0.1, 0.15) is 0 Å². The molecule has 0 aliphatic rings. The minimum absolute atomic E-state index is 0. The fourth-order valence-corrected chi connectivity index (χ4v) is 1.32. The number of hydrogen-bond acceptors (Lipinski definition) is 16. The van der Waals surface area contributed by atoms with Crippen LogP contribution in [0.4, 0.5) is 0 Å². The fourth-order valence-electron chi connectivity index (χ4n) is 1.32. The van der Waals surface area contributed by atoms with E-state index in [0.29, 0.717) is 0 Å². The molecule has 0 aromatic rings. The van der Waals surface area contributed by atoms with E-state index in [-0.39, 0.29) is 29.6 Å². The minimum atomic E-state index is -2.31. The summed E-state index contributed by atoms with van der Waals surface area (Å²) in [6, 6.07) is 0. The van der Waals surface area contributed by atoms with Crippen molar-refractivity contribution < 1.29 is 80.8 Å². The van der Waals surface area contributed by atoms with Crippen LogP contribution in [0.15, 0.2) is 0 Å². The third kappa shape index (κ3) is 16.4. The smallest absolute Gasteiger partial charge is 0.547 e. The van der Waals surface area contributed by atoms with Gasteiger partial charge >= 0.3 is 29.0 Å². The Balaban J connectivity index is -0.000000198. The molecule has 0 rings (SSSR count). The Hall–Kier alpha value is -1.26. The molecule has 0 aliphatic heterocycles. The fraction of sp³-hybridized carbons (Fsp3) is 0.786. The van der Waals surface area contributed by atoms with Crippen LogP contribution in [-0.4, -0.2) is 166 Å². The van der Waals surface area contributed by atoms with Gasteiger partial charge in [0.1, 0.15) is 48.8 Å². The SMILES string of the molecule is NCC(=O)O.O=C([O-])C(O)C(O)C(O)C(O)CO.O=C([O-])C(O)C(O)C(O)C(O)CO.[Mg+2]. The zero-order valence-corrected chi connectivity index (χ0v) is 17.9. The van der Waals surface area contributed by atoms with Crippen molar-refractivity contribution in [3.63, 3.8) is 0 Å². The van der Waals surface area contributed by atoms with E-state index < -0.39 is 80.0 Å². The van der Waals surface area contributed by atoms with Crippen molar-refractivity contribution in [3.8, 4) is 0 Å². The molecular formula is C14H27MgNO16. The zero-order valence-electron chi connectivity index (χ0n) is 16.5. The number of carbonyl (C=O) groups is 3. The first-order valence-electron chi connectivity index (χ1n) is 8.10. The second-order valence-electron chi connectivity index (χ2n) is 5.59. The van der Waals surface area contributed by atoms with Gasteiger partial charge in [-0.05, 0) is 0 Å². The molecule has 8 unspecified atom stereocenters. The molecule has 0 spiro atoms. The van der Waals surface area contributed by atoms with E-state index in [0.717, 1.165) is 0 Å². The maximum atomic E-state index is 9.98. The molecule has 0 aromatic heterocycles. The summed E-state index contributed by atoms with van der Waals surface area (Å²) in [5.74, 6) is -4.92. The largest absolute Gasteiger partial charge is 2.00 e. The van der Waals surface area contributed by atoms with Crippen LogP contribution in [-0.2, 0) is 14.4 Å². The van der Waals surface area contributed by atoms with Gasteiger partial charge in [0.25, 0.3) is 0 Å². The maximum absolute atomic E-state index is 9.98. The van der Waals surface area contributed by atoms with Crippen LogP contribution in [0.25, 0.3) is 0 Å². The summed E-state index contributed by atoms with van der Waals surface area (Å²) >= 11 is 0. The second-order valence-corrected chi connectivity index (χ2v) is 5.59. The Labute approximate surface area is 196 Å². The van der Waals surface area contributed by atoms with Crippen LogP contribution in [0.5, 0.6) is 0 Å². The van der Waals surface area contributed by atoms with Crippen molar-refractivity contribution in [2.75, 3.05) is 19.8 Å². The van der Waals surface area contributed by atoms with Crippen molar-refractivity contribution in [1.82, 2.24) is 0 Å². The average molecular weight is 490 g/mol. The summed E-state index contributed by atoms with van der Waals surface area (Å²) in [5.41, 5.74) is 4.57. The van der Waals surface area contributed by atoms with E-state index in [1.807, 2.05) is 0 Å². The van der Waals surface area contributed by atoms with Gasteiger partial charge in [-0.1, -0.05) is 0 Å². The van der Waals surface area contributed by atoms with Gasteiger partial charge < -0.3 is 81.7 Å². The number of carbonyl (C=O) groups excluding carboxylic acids is 2. The van der Waals surface area contributed by atoms with Crippen molar-refractivity contribution in [3.05, 3.63) is 0 Å². The second kappa shape index (κ2) is 20.4. The van der Waals surface area contributed by atoms with E-state index in [4.69, 9.17) is 56.2 Å². The van der Waals surface area contributed by atoms with Crippen molar-refractivity contribution >= 4 is 41.0 Å². The predicted octanol–water partition coefficient (Wildman–Crippen LogP) is -11.0. The van der Waals surface area contributed by atoms with Crippen LogP contribution < -0.4 is 15.9 Å². The van der Waals surface area contributed by atoms with Gasteiger partial charge in [-0.3, -0.25) is 4.79 Å². The molecule has 8 atom stereocenters. The van der Waals surface area contributed by atoms with Crippen molar-refractivity contribution in [2.45, 2.75) is 48.8 Å². The molecule has 32 heavy (non-hydrogen) atoms. The third-order valence-electron chi connectivity index (χ3n) is 3.17. The Bertz CT molecular complexity index is 487. The topological polar surface area (TPSA) is 346 Å². The van der Waals surface area contributed by atoms with Gasteiger partial charge in [0.05, 0.1) is 31.7 Å². The molecule has 0 aromatic carbocycles. The van der Waals surface area contributed by atoms with Gasteiger partial charge in [0, 0.05) is 0 Å². The van der Waals surface area contributed by atoms with E-state index in [2.05, 4.69) is 5.73 Å². The Morgan fingerprint density at radius 1 is 0.656 bits per heavy atom. The van der Waals surface area contributed by atoms with Crippen molar-refractivity contribution in [2.24, 2.45) is 5.73 Å². The van der Waals surface area contributed by atoms with Crippen LogP contribution >= 0.6 is 0 Å². The van der Waals surface area contributed by atoms with Crippen LogP contribution in [0.3, 0.4) is 0 Å². The molecule has 18 heteroatoms. The number of carboxylic acid groups (broad SMARTS) is 3. The molecular weight excluding hydrogens is 462 g/mol. The van der Waals surface area contributed by atoms with Gasteiger partial charge in [-0.15, -0.1) is 0 Å². The molecule has 0 saturated carbocycles. The standard InChI is InChI=1S/2C6H12O7.C2H5NO2.Mg/c2*7-1-2(8)3(9)4(10)5(11)6(12)13;3-1-2(4)5;/h2*2-5,7-11H,1H2,(H,12,13);1,3H2,(H,4,5);/q;;;+2/p-2. The number of hydrogen-bond donors (Lipinski definition) is 12. The van der Waals surface area contributed by atoms with E-state index >= 15 is 0 Å². The number of aliphatic hydroxyl groups excluding tert-OH is 10. The number of rotatable bonds is 11. The third-order valence-corrected chi connectivity index (χ3v) is 3.17. The summed E-state index contributed by atoms with van der Waals surface area (Å²) in [4.78, 5) is 29.2. The molecule has 0 aliphatic carbocycles. The first-order chi connectivity index (χ1) is 14.1. The molecule has 17 nitrogen and oxygen atoms in total. The number of aliphatic hydroxyl groups is 10. The van der Waals surface area contributed by atoms with Gasteiger partial charge in [-0.2, -0.15) is 0 Å². The molecule has 0 amide bonds.